The first-order valence-electron chi connectivity index (χ1n) is 3.93. The molecule has 0 unspecified atom stereocenters. The molecular formula is C11H11ClO. The predicted octanol–water partition coefficient (Wildman–Crippen LogP) is 2.72. The Morgan fingerprint density at radius 2 is 2.23 bits per heavy atom. The highest BCUT2D eigenvalue weighted by molar-refractivity contribution is 6.17. The van der Waals surface area contributed by atoms with Gasteiger partial charge in [-0.3, -0.25) is 0 Å². The fourth-order valence-electron chi connectivity index (χ4n) is 1.23. The van der Waals surface area contributed by atoms with Gasteiger partial charge in [0.15, 0.2) is 0 Å². The van der Waals surface area contributed by atoms with Crippen molar-refractivity contribution in [2.24, 2.45) is 0 Å². The van der Waals surface area contributed by atoms with Gasteiger partial charge in [0.25, 0.3) is 0 Å². The third-order valence-corrected chi connectivity index (χ3v) is 2.13. The van der Waals surface area contributed by atoms with Gasteiger partial charge in [0.2, 0.25) is 0 Å². The molecule has 0 aliphatic rings. The number of halogens is 1. The summed E-state index contributed by atoms with van der Waals surface area (Å²) in [6.07, 6.45) is 5.35. The zero-order valence-electron chi connectivity index (χ0n) is 7.73. The maximum atomic E-state index is 5.77. The van der Waals surface area contributed by atoms with E-state index in [0.717, 1.165) is 22.4 Å². The van der Waals surface area contributed by atoms with Crippen LogP contribution in [-0.2, 0) is 5.88 Å². The number of methoxy groups -OCH3 is 1. The molecule has 0 aliphatic carbocycles. The van der Waals surface area contributed by atoms with Gasteiger partial charge in [-0.2, -0.15) is 0 Å². The van der Waals surface area contributed by atoms with Crippen LogP contribution in [0.25, 0.3) is 0 Å². The molecule has 13 heavy (non-hydrogen) atoms. The Morgan fingerprint density at radius 3 is 2.69 bits per heavy atom. The molecule has 1 rings (SSSR count). The molecule has 0 fully saturated rings. The molecule has 0 heterocycles. The van der Waals surface area contributed by atoms with E-state index in [9.17, 15) is 0 Å². The molecule has 0 atom stereocenters. The van der Waals surface area contributed by atoms with Crippen LogP contribution in [0.3, 0.4) is 0 Å². The molecular weight excluding hydrogens is 184 g/mol. The van der Waals surface area contributed by atoms with Gasteiger partial charge in [-0.05, 0) is 24.6 Å². The lowest BCUT2D eigenvalue weighted by molar-refractivity contribution is 0.411. The van der Waals surface area contributed by atoms with E-state index in [4.69, 9.17) is 22.8 Å². The van der Waals surface area contributed by atoms with Crippen molar-refractivity contribution in [2.75, 3.05) is 7.11 Å². The van der Waals surface area contributed by atoms with Crippen molar-refractivity contribution < 1.29 is 4.74 Å². The number of rotatable bonds is 2. The lowest BCUT2D eigenvalue weighted by Gasteiger charge is -2.09. The number of ether oxygens (including phenoxy) is 1. The molecule has 0 aliphatic heterocycles. The summed E-state index contributed by atoms with van der Waals surface area (Å²) in [4.78, 5) is 0. The largest absolute Gasteiger partial charge is 0.496 e. The highest BCUT2D eigenvalue weighted by atomic mass is 35.5. The van der Waals surface area contributed by atoms with Gasteiger partial charge in [0.1, 0.15) is 5.75 Å². The Hall–Kier alpha value is -1.13. The lowest BCUT2D eigenvalue weighted by atomic mass is 10.1. The standard InChI is InChI=1S/C11H11ClO/c1-4-9-5-8(2)6-11(13-3)10(9)7-12/h1,5-6H,7H2,2-3H3. The van der Waals surface area contributed by atoms with Crippen molar-refractivity contribution in [3.63, 3.8) is 0 Å². The van der Waals surface area contributed by atoms with E-state index in [1.165, 1.54) is 0 Å². The smallest absolute Gasteiger partial charge is 0.124 e. The summed E-state index contributed by atoms with van der Waals surface area (Å²) in [5, 5.41) is 0. The lowest BCUT2D eigenvalue weighted by Crippen LogP contribution is -1.94. The van der Waals surface area contributed by atoms with Crippen LogP contribution in [0.4, 0.5) is 0 Å². The summed E-state index contributed by atoms with van der Waals surface area (Å²) < 4.78 is 5.18. The molecule has 0 N–H and O–H groups in total. The average Bonchev–Trinajstić information content (AvgIpc) is 2.16. The quantitative estimate of drug-likeness (QED) is 0.520. The SMILES string of the molecule is C#Cc1cc(C)cc(OC)c1CCl. The van der Waals surface area contributed by atoms with Gasteiger partial charge < -0.3 is 4.74 Å². The molecule has 1 aromatic carbocycles. The number of alkyl halides is 1. The zero-order chi connectivity index (χ0) is 9.84. The summed E-state index contributed by atoms with van der Waals surface area (Å²) in [5.74, 6) is 3.74. The van der Waals surface area contributed by atoms with Gasteiger partial charge in [0.05, 0.1) is 13.0 Å². The topological polar surface area (TPSA) is 9.23 Å². The van der Waals surface area contributed by atoms with Crippen molar-refractivity contribution in [3.8, 4) is 18.1 Å². The van der Waals surface area contributed by atoms with Gasteiger partial charge in [-0.25, -0.2) is 0 Å². The number of terminal acetylenes is 1. The average molecular weight is 195 g/mol. The fraction of sp³-hybridized carbons (Fsp3) is 0.273. The van der Waals surface area contributed by atoms with Gasteiger partial charge in [-0.1, -0.05) is 5.92 Å². The molecule has 1 aromatic rings. The van der Waals surface area contributed by atoms with E-state index in [1.807, 2.05) is 19.1 Å². The number of aryl methyl sites for hydroxylation is 1. The Labute approximate surface area is 83.7 Å². The summed E-state index contributed by atoms with van der Waals surface area (Å²) in [6, 6.07) is 3.86. The maximum Gasteiger partial charge on any atom is 0.124 e. The number of hydrogen-bond donors (Lipinski definition) is 0. The maximum absolute atomic E-state index is 5.77. The number of benzene rings is 1. The van der Waals surface area contributed by atoms with Crippen LogP contribution in [0.2, 0.25) is 0 Å². The Balaban J connectivity index is 3.36. The summed E-state index contributed by atoms with van der Waals surface area (Å²) in [7, 11) is 1.62. The highest BCUT2D eigenvalue weighted by Crippen LogP contribution is 2.25. The van der Waals surface area contributed by atoms with E-state index < -0.39 is 0 Å². The minimum Gasteiger partial charge on any atom is -0.496 e. The van der Waals surface area contributed by atoms with Gasteiger partial charge >= 0.3 is 0 Å². The summed E-state index contributed by atoms with van der Waals surface area (Å²) >= 11 is 5.77. The van der Waals surface area contributed by atoms with Crippen molar-refractivity contribution >= 4 is 11.6 Å². The van der Waals surface area contributed by atoms with E-state index in [1.54, 1.807) is 7.11 Å². The monoisotopic (exact) mass is 194 g/mol. The van der Waals surface area contributed by atoms with Crippen molar-refractivity contribution in [2.45, 2.75) is 12.8 Å². The third kappa shape index (κ3) is 1.96. The van der Waals surface area contributed by atoms with Crippen molar-refractivity contribution in [1.82, 2.24) is 0 Å². The minimum atomic E-state index is 0.378. The Kier molecular flexibility index (Phi) is 3.22. The summed E-state index contributed by atoms with van der Waals surface area (Å²) in [6.45, 7) is 1.97. The van der Waals surface area contributed by atoms with Crippen LogP contribution in [0.15, 0.2) is 12.1 Å². The molecule has 0 saturated carbocycles. The molecule has 2 heteroatoms. The van der Waals surface area contributed by atoms with E-state index in [2.05, 4.69) is 5.92 Å². The van der Waals surface area contributed by atoms with E-state index in [0.29, 0.717) is 5.88 Å². The van der Waals surface area contributed by atoms with E-state index >= 15 is 0 Å². The molecule has 0 aromatic heterocycles. The van der Waals surface area contributed by atoms with Crippen LogP contribution < -0.4 is 4.74 Å². The number of hydrogen-bond acceptors (Lipinski definition) is 1. The van der Waals surface area contributed by atoms with Gasteiger partial charge in [-0.15, -0.1) is 18.0 Å². The second-order valence-electron chi connectivity index (χ2n) is 2.77. The predicted molar refractivity (Wildman–Crippen MR) is 55.2 cm³/mol. The Morgan fingerprint density at radius 1 is 1.54 bits per heavy atom. The van der Waals surface area contributed by atoms with Gasteiger partial charge in [0, 0.05) is 11.1 Å². The first-order valence-corrected chi connectivity index (χ1v) is 4.46. The molecule has 68 valence electrons. The molecule has 0 spiro atoms. The first-order chi connectivity index (χ1) is 6.22. The molecule has 0 amide bonds. The van der Waals surface area contributed by atoms with Crippen LogP contribution in [0.1, 0.15) is 16.7 Å². The zero-order valence-corrected chi connectivity index (χ0v) is 8.48. The molecule has 1 nitrogen and oxygen atoms in total. The molecule has 0 bridgehead atoms. The summed E-state index contributed by atoms with van der Waals surface area (Å²) in [5.41, 5.74) is 2.78. The normalized spacial score (nSPS) is 9.38. The highest BCUT2D eigenvalue weighted by Gasteiger charge is 2.07. The second-order valence-corrected chi connectivity index (χ2v) is 3.04. The van der Waals surface area contributed by atoms with Crippen LogP contribution >= 0.6 is 11.6 Å². The van der Waals surface area contributed by atoms with E-state index in [-0.39, 0.29) is 0 Å². The minimum absolute atomic E-state index is 0.378. The fourth-order valence-corrected chi connectivity index (χ4v) is 1.51. The third-order valence-electron chi connectivity index (χ3n) is 1.86. The second kappa shape index (κ2) is 4.20. The molecule has 0 radical (unpaired) electrons. The Bertz CT molecular complexity index is 350. The molecule has 0 saturated heterocycles. The van der Waals surface area contributed by atoms with Crippen molar-refractivity contribution in [1.29, 1.82) is 0 Å². The first kappa shape index (κ1) is 9.95. The van der Waals surface area contributed by atoms with Crippen LogP contribution in [0, 0.1) is 19.3 Å². The van der Waals surface area contributed by atoms with Crippen molar-refractivity contribution in [3.05, 3.63) is 28.8 Å². The van der Waals surface area contributed by atoms with Crippen LogP contribution in [0.5, 0.6) is 5.75 Å². The van der Waals surface area contributed by atoms with Crippen LogP contribution in [-0.4, -0.2) is 7.11 Å².